The highest BCUT2D eigenvalue weighted by Gasteiger charge is 2.20. The summed E-state index contributed by atoms with van der Waals surface area (Å²) < 4.78 is 0. The van der Waals surface area contributed by atoms with Crippen LogP contribution in [0, 0.1) is 6.92 Å². The van der Waals surface area contributed by atoms with Crippen molar-refractivity contribution in [3.63, 3.8) is 0 Å². The van der Waals surface area contributed by atoms with Gasteiger partial charge >= 0.3 is 5.97 Å². The Kier molecular flexibility index (Phi) is 7.15. The zero-order chi connectivity index (χ0) is 23.2. The van der Waals surface area contributed by atoms with Crippen LogP contribution in [0.2, 0.25) is 5.02 Å². The summed E-state index contributed by atoms with van der Waals surface area (Å²) in [5.41, 5.74) is 4.59. The lowest BCUT2D eigenvalue weighted by molar-refractivity contribution is 0.0697. The number of hydrogen-bond donors (Lipinski definition) is 2. The van der Waals surface area contributed by atoms with Crippen molar-refractivity contribution in [2.45, 2.75) is 13.5 Å². The van der Waals surface area contributed by atoms with E-state index in [4.69, 9.17) is 21.7 Å². The molecule has 0 saturated carbocycles. The predicted molar refractivity (Wildman–Crippen MR) is 135 cm³/mol. The van der Waals surface area contributed by atoms with Gasteiger partial charge in [-0.2, -0.15) is 0 Å². The number of rotatable bonds is 5. The quantitative estimate of drug-likeness (QED) is 0.406. The molecule has 0 radical (unpaired) electrons. The molecule has 4 rings (SSSR count). The van der Waals surface area contributed by atoms with Gasteiger partial charge in [0.25, 0.3) is 0 Å². The van der Waals surface area contributed by atoms with Crippen molar-refractivity contribution in [3.8, 4) is 0 Å². The van der Waals surface area contributed by atoms with Crippen LogP contribution in [0.15, 0.2) is 77.8 Å². The van der Waals surface area contributed by atoms with Crippen molar-refractivity contribution >= 4 is 34.9 Å². The van der Waals surface area contributed by atoms with Gasteiger partial charge in [-0.15, -0.1) is 0 Å². The lowest BCUT2D eigenvalue weighted by atomic mass is 10.1. The molecule has 3 aromatic rings. The van der Waals surface area contributed by atoms with Gasteiger partial charge in [-0.1, -0.05) is 41.4 Å². The summed E-state index contributed by atoms with van der Waals surface area (Å²) in [6, 6.07) is 23.0. The highest BCUT2D eigenvalue weighted by molar-refractivity contribution is 6.30. The number of piperazine rings is 1. The van der Waals surface area contributed by atoms with Gasteiger partial charge in [-0.05, 0) is 61.0 Å². The summed E-state index contributed by atoms with van der Waals surface area (Å²) >= 11 is 6.03. The Labute approximate surface area is 199 Å². The van der Waals surface area contributed by atoms with Crippen LogP contribution >= 0.6 is 11.6 Å². The first kappa shape index (κ1) is 22.7. The number of anilines is 2. The Hall–Kier alpha value is -3.51. The first-order valence-electron chi connectivity index (χ1n) is 10.9. The van der Waals surface area contributed by atoms with Gasteiger partial charge in [0.2, 0.25) is 0 Å². The molecular formula is C26H27ClN4O2. The van der Waals surface area contributed by atoms with Gasteiger partial charge < -0.3 is 20.2 Å². The van der Waals surface area contributed by atoms with Crippen LogP contribution in [0.3, 0.4) is 0 Å². The topological polar surface area (TPSA) is 68.2 Å². The number of aryl methyl sites for hydroxylation is 1. The molecule has 33 heavy (non-hydrogen) atoms. The van der Waals surface area contributed by atoms with Crippen molar-refractivity contribution in [2.75, 3.05) is 36.4 Å². The monoisotopic (exact) mass is 462 g/mol. The van der Waals surface area contributed by atoms with E-state index in [1.54, 1.807) is 24.3 Å². The number of aromatic carboxylic acids is 1. The van der Waals surface area contributed by atoms with Crippen LogP contribution in [-0.4, -0.2) is 48.1 Å². The molecule has 1 fully saturated rings. The zero-order valence-corrected chi connectivity index (χ0v) is 19.3. The van der Waals surface area contributed by atoms with Crippen molar-refractivity contribution in [3.05, 3.63) is 94.5 Å². The number of hydrogen-bond acceptors (Lipinski definition) is 3. The van der Waals surface area contributed by atoms with Crippen LogP contribution in [0.1, 0.15) is 21.5 Å². The van der Waals surface area contributed by atoms with E-state index < -0.39 is 5.97 Å². The van der Waals surface area contributed by atoms with Crippen molar-refractivity contribution in [1.82, 2.24) is 4.90 Å². The Morgan fingerprint density at radius 3 is 2.18 bits per heavy atom. The summed E-state index contributed by atoms with van der Waals surface area (Å²) in [4.78, 5) is 20.6. The molecule has 0 amide bonds. The molecule has 2 N–H and O–H groups in total. The fourth-order valence-electron chi connectivity index (χ4n) is 3.73. The number of nitrogens with zero attached hydrogens (tertiary/aromatic N) is 3. The van der Waals surface area contributed by atoms with Gasteiger partial charge in [0.1, 0.15) is 0 Å². The molecule has 0 aromatic heterocycles. The zero-order valence-electron chi connectivity index (χ0n) is 18.5. The molecule has 1 saturated heterocycles. The third kappa shape index (κ3) is 6.05. The van der Waals surface area contributed by atoms with Gasteiger partial charge in [0, 0.05) is 42.6 Å². The van der Waals surface area contributed by atoms with Crippen molar-refractivity contribution < 1.29 is 9.90 Å². The van der Waals surface area contributed by atoms with E-state index in [1.165, 1.54) is 5.56 Å². The Bertz CT molecular complexity index is 1100. The number of carboxylic acids is 1. The smallest absolute Gasteiger partial charge is 0.335 e. The number of carboxylic acid groups (broad SMARTS) is 1. The minimum atomic E-state index is -0.937. The van der Waals surface area contributed by atoms with Crippen LogP contribution in [-0.2, 0) is 6.54 Å². The maximum Gasteiger partial charge on any atom is 0.335 e. The first-order valence-corrected chi connectivity index (χ1v) is 11.3. The number of halogens is 1. The molecular weight excluding hydrogens is 436 g/mol. The fraction of sp³-hybridized carbons (Fsp3) is 0.231. The highest BCUT2D eigenvalue weighted by atomic mass is 35.5. The van der Waals surface area contributed by atoms with Gasteiger partial charge in [0.15, 0.2) is 5.96 Å². The van der Waals surface area contributed by atoms with E-state index in [0.29, 0.717) is 6.54 Å². The lowest BCUT2D eigenvalue weighted by Gasteiger charge is -2.37. The van der Waals surface area contributed by atoms with E-state index >= 15 is 0 Å². The normalized spacial score (nSPS) is 14.3. The molecule has 7 heteroatoms. The number of nitrogens with one attached hydrogen (secondary N) is 1. The summed E-state index contributed by atoms with van der Waals surface area (Å²) in [5, 5.41) is 13.3. The fourth-order valence-corrected chi connectivity index (χ4v) is 3.86. The van der Waals surface area contributed by atoms with E-state index in [9.17, 15) is 4.79 Å². The van der Waals surface area contributed by atoms with Gasteiger partial charge in [0.05, 0.1) is 12.1 Å². The number of guanidine groups is 1. The van der Waals surface area contributed by atoms with Gasteiger partial charge in [-0.25, -0.2) is 9.79 Å². The lowest BCUT2D eigenvalue weighted by Crippen LogP contribution is -2.50. The molecule has 1 heterocycles. The van der Waals surface area contributed by atoms with Crippen LogP contribution in [0.4, 0.5) is 11.4 Å². The Morgan fingerprint density at radius 2 is 1.58 bits per heavy atom. The SMILES string of the molecule is Cc1ccc(CN=C(Nc2ccc(C(=O)O)cc2)N2CCN(c3ccc(Cl)cc3)CC2)cc1. The standard InChI is InChI=1S/C26H27ClN4O2/c1-19-2-4-20(5-3-19)18-28-26(29-23-10-6-21(7-11-23)25(32)33)31-16-14-30(15-17-31)24-12-8-22(27)9-13-24/h2-13H,14-18H2,1H3,(H,28,29)(H,32,33). The van der Waals surface area contributed by atoms with Crippen LogP contribution < -0.4 is 10.2 Å². The molecule has 3 aromatic carbocycles. The Morgan fingerprint density at radius 1 is 0.939 bits per heavy atom. The van der Waals surface area contributed by atoms with E-state index in [1.807, 2.05) is 24.3 Å². The minimum Gasteiger partial charge on any atom is -0.478 e. The molecule has 0 atom stereocenters. The number of carbonyl (C=O) groups is 1. The summed E-state index contributed by atoms with van der Waals surface area (Å²) in [6.07, 6.45) is 0. The minimum absolute atomic E-state index is 0.260. The molecule has 1 aliphatic rings. The summed E-state index contributed by atoms with van der Waals surface area (Å²) in [6.45, 7) is 6.00. The van der Waals surface area contributed by atoms with Gasteiger partial charge in [-0.3, -0.25) is 0 Å². The predicted octanol–water partition coefficient (Wildman–Crippen LogP) is 5.14. The van der Waals surface area contributed by atoms with E-state index in [-0.39, 0.29) is 5.56 Å². The molecule has 0 bridgehead atoms. The largest absolute Gasteiger partial charge is 0.478 e. The average Bonchev–Trinajstić information content (AvgIpc) is 2.84. The Balaban J connectivity index is 1.49. The molecule has 170 valence electrons. The number of benzene rings is 3. The molecule has 1 aliphatic heterocycles. The molecule has 0 unspecified atom stereocenters. The van der Waals surface area contributed by atoms with E-state index in [2.05, 4.69) is 46.3 Å². The first-order chi connectivity index (χ1) is 16.0. The maximum absolute atomic E-state index is 11.2. The maximum atomic E-state index is 11.2. The molecule has 0 aliphatic carbocycles. The van der Waals surface area contributed by atoms with Crippen molar-refractivity contribution in [2.24, 2.45) is 4.99 Å². The summed E-state index contributed by atoms with van der Waals surface area (Å²) in [5.74, 6) is -0.150. The van der Waals surface area contributed by atoms with Crippen LogP contribution in [0.5, 0.6) is 0 Å². The van der Waals surface area contributed by atoms with E-state index in [0.717, 1.165) is 54.1 Å². The summed E-state index contributed by atoms with van der Waals surface area (Å²) in [7, 11) is 0. The molecule has 0 spiro atoms. The molecule has 6 nitrogen and oxygen atoms in total. The number of aliphatic imine (C=N–C) groups is 1. The second kappa shape index (κ2) is 10.4. The third-order valence-corrected chi connectivity index (χ3v) is 5.94. The van der Waals surface area contributed by atoms with Crippen LogP contribution in [0.25, 0.3) is 0 Å². The third-order valence-electron chi connectivity index (χ3n) is 5.69. The second-order valence-electron chi connectivity index (χ2n) is 8.08. The van der Waals surface area contributed by atoms with Crippen molar-refractivity contribution in [1.29, 1.82) is 0 Å². The second-order valence-corrected chi connectivity index (χ2v) is 8.52. The average molecular weight is 463 g/mol. The highest BCUT2D eigenvalue weighted by Crippen LogP contribution is 2.20.